The van der Waals surface area contributed by atoms with Crippen LogP contribution in [0, 0.1) is 11.8 Å². The maximum Gasteiger partial charge on any atom is 0.298 e. The van der Waals surface area contributed by atoms with Crippen LogP contribution in [0.15, 0.2) is 101 Å². The summed E-state index contributed by atoms with van der Waals surface area (Å²) in [6, 6.07) is 27.2. The molecule has 4 aromatic heterocycles. The molecule has 0 unspecified atom stereocenters. The first-order valence-corrected chi connectivity index (χ1v) is 25.4. The van der Waals surface area contributed by atoms with Crippen LogP contribution in [0.3, 0.4) is 0 Å². The van der Waals surface area contributed by atoms with Crippen LogP contribution in [0.5, 0.6) is 17.2 Å². The first-order valence-electron chi connectivity index (χ1n) is 23.9. The van der Waals surface area contributed by atoms with E-state index in [1.54, 1.807) is 56.7 Å². The number of aromatic amines is 1. The zero-order chi connectivity index (χ0) is 51.3. The third-order valence-electron chi connectivity index (χ3n) is 13.6. The van der Waals surface area contributed by atoms with Gasteiger partial charge < -0.3 is 25.3 Å². The second-order valence-electron chi connectivity index (χ2n) is 18.2. The van der Waals surface area contributed by atoms with Gasteiger partial charge in [-0.2, -0.15) is 24.3 Å². The van der Waals surface area contributed by atoms with Crippen LogP contribution in [0.1, 0.15) is 47.3 Å². The lowest BCUT2D eigenvalue weighted by molar-refractivity contribution is 0.0931. The van der Waals surface area contributed by atoms with Crippen LogP contribution in [0.2, 0.25) is 20.1 Å². The van der Waals surface area contributed by atoms with Crippen molar-refractivity contribution in [3.63, 3.8) is 0 Å². The molecule has 4 N–H and O–H groups in total. The Morgan fingerprint density at radius 1 is 0.630 bits per heavy atom. The normalized spacial score (nSPS) is 14.8. The van der Waals surface area contributed by atoms with Gasteiger partial charge in [0.2, 0.25) is 0 Å². The first-order chi connectivity index (χ1) is 35.3. The van der Waals surface area contributed by atoms with Crippen molar-refractivity contribution in [3.8, 4) is 17.2 Å². The minimum Gasteiger partial charge on any atom is -0.497 e. The number of rotatable bonds is 11. The number of fused-ring (bicyclic) bond motifs is 7. The van der Waals surface area contributed by atoms with Gasteiger partial charge in [0.15, 0.2) is 5.69 Å². The van der Waals surface area contributed by atoms with Gasteiger partial charge in [-0.05, 0) is 154 Å². The van der Waals surface area contributed by atoms with Crippen molar-refractivity contribution in [2.75, 3.05) is 60.6 Å². The summed E-state index contributed by atoms with van der Waals surface area (Å²) in [6.07, 6.45) is 4.45. The number of halogens is 4. The lowest BCUT2D eigenvalue weighted by Gasteiger charge is -2.32. The van der Waals surface area contributed by atoms with E-state index in [0.717, 1.165) is 94.7 Å². The molecular weight excluding hydrogens is 1010 g/mol. The molecular formula is C53H54Cl4N10O6. The summed E-state index contributed by atoms with van der Waals surface area (Å²) < 4.78 is 17.9. The summed E-state index contributed by atoms with van der Waals surface area (Å²) >= 11 is 24.3. The Balaban J connectivity index is 0.000000140. The fourth-order valence-corrected chi connectivity index (χ4v) is 10.4. The molecule has 0 aliphatic carbocycles. The van der Waals surface area contributed by atoms with Crippen LogP contribution >= 0.6 is 46.4 Å². The molecule has 16 nitrogen and oxygen atoms in total. The van der Waals surface area contributed by atoms with Crippen molar-refractivity contribution in [3.05, 3.63) is 149 Å². The van der Waals surface area contributed by atoms with E-state index >= 15 is 0 Å². The summed E-state index contributed by atoms with van der Waals surface area (Å²) in [5, 5.41) is 23.5. The molecule has 0 atom stereocenters. The standard InChI is InChI=1S/C22H24Cl2N4O2.C18H12N4O4.C13H18Cl2N2/c1-30-17-4-5-20-18(11-17)21(27-26-20)22(29)25-12-14-6-8-28(9-7-14)13-15-2-3-16(23)10-19(15)24;1-25-9-4-6-13-12(7-9)16-18(24)21-15(17(23)22(16)19-13)11-5-3-10(26-2)8-14(11)20-21;14-12-2-1-11(13(15)7-12)9-17-5-3-10(8-16)4-6-17/h2-5,10-11,14H,6-9,12-13H2,1H3,(H,25,29)(H,26,27);3-8H,1-2H3;1-2,7,10H,3-6,8-9,16H2. The highest BCUT2D eigenvalue weighted by Gasteiger charge is 2.24. The number of ether oxygens (including phenoxy) is 3. The number of likely N-dealkylation sites (tertiary alicyclic amines) is 2. The summed E-state index contributed by atoms with van der Waals surface area (Å²) in [7, 11) is 4.69. The third-order valence-corrected chi connectivity index (χ3v) is 14.8. The Hall–Kier alpha value is -6.24. The molecule has 11 rings (SSSR count). The highest BCUT2D eigenvalue weighted by atomic mass is 35.5. The van der Waals surface area contributed by atoms with Crippen molar-refractivity contribution in [2.24, 2.45) is 17.6 Å². The average Bonchev–Trinajstić information content (AvgIpc) is 4.13. The molecule has 6 heterocycles. The highest BCUT2D eigenvalue weighted by molar-refractivity contribution is 6.35. The fourth-order valence-electron chi connectivity index (χ4n) is 9.41. The summed E-state index contributed by atoms with van der Waals surface area (Å²) in [5.74, 6) is 2.86. The van der Waals surface area contributed by atoms with Crippen molar-refractivity contribution >= 4 is 96.1 Å². The van der Waals surface area contributed by atoms with E-state index in [4.69, 9.17) is 66.3 Å². The van der Waals surface area contributed by atoms with Gasteiger partial charge >= 0.3 is 0 Å². The summed E-state index contributed by atoms with van der Waals surface area (Å²) in [4.78, 5) is 43.6. The molecule has 20 heteroatoms. The third kappa shape index (κ3) is 11.5. The van der Waals surface area contributed by atoms with Gasteiger partial charge in [-0.25, -0.2) is 0 Å². The Labute approximate surface area is 440 Å². The van der Waals surface area contributed by atoms with Crippen molar-refractivity contribution in [2.45, 2.75) is 38.8 Å². The number of aromatic nitrogens is 6. The maximum atomic E-state index is 13.1. The number of benzene rings is 5. The van der Waals surface area contributed by atoms with Gasteiger partial charge in [-0.1, -0.05) is 58.5 Å². The van der Waals surface area contributed by atoms with E-state index in [0.29, 0.717) is 78.2 Å². The Morgan fingerprint density at radius 2 is 1.14 bits per heavy atom. The second-order valence-corrected chi connectivity index (χ2v) is 19.9. The van der Waals surface area contributed by atoms with Crippen LogP contribution in [0.25, 0.3) is 43.7 Å². The summed E-state index contributed by atoms with van der Waals surface area (Å²) in [6.45, 7) is 7.36. The number of nitrogens with two attached hydrogens (primary N) is 1. The predicted octanol–water partition coefficient (Wildman–Crippen LogP) is 9.15. The van der Waals surface area contributed by atoms with Crippen molar-refractivity contribution < 1.29 is 19.0 Å². The van der Waals surface area contributed by atoms with Gasteiger partial charge in [-0.15, -0.1) is 0 Å². The molecule has 0 bridgehead atoms. The SMILES string of the molecule is COc1ccc2[nH]nc(C(=O)NCC3CCN(Cc4ccc(Cl)cc4Cl)CC3)c2c1.COc1ccc2c(c1)nn1c(=O)c3c4cc(OC)ccc4nn3c(=O)c21.NCC1CCN(Cc2ccc(Cl)cc2Cl)CC1. The molecule has 0 saturated carbocycles. The van der Waals surface area contributed by atoms with Gasteiger partial charge in [0.1, 0.15) is 28.3 Å². The maximum absolute atomic E-state index is 13.1. The van der Waals surface area contributed by atoms with E-state index < -0.39 is 11.1 Å². The van der Waals surface area contributed by atoms with E-state index in [2.05, 4.69) is 35.5 Å². The van der Waals surface area contributed by atoms with Gasteiger partial charge in [0.05, 0.1) is 37.9 Å². The van der Waals surface area contributed by atoms with Crippen LogP contribution in [0.4, 0.5) is 0 Å². The lowest BCUT2D eigenvalue weighted by atomic mass is 9.96. The van der Waals surface area contributed by atoms with E-state index in [-0.39, 0.29) is 16.9 Å². The van der Waals surface area contributed by atoms with Gasteiger partial charge in [0, 0.05) is 61.9 Å². The molecule has 5 aromatic carbocycles. The molecule has 73 heavy (non-hydrogen) atoms. The number of methoxy groups -OCH3 is 3. The average molecular weight is 1070 g/mol. The fraction of sp³-hybridized carbons (Fsp3) is 0.321. The topological polar surface area (TPSA) is 187 Å². The zero-order valence-electron chi connectivity index (χ0n) is 40.5. The number of carbonyl (C=O) groups excluding carboxylic acids is 1. The van der Waals surface area contributed by atoms with E-state index in [1.807, 2.05) is 48.5 Å². The number of nitrogens with zero attached hydrogens (tertiary/aromatic N) is 7. The number of carbonyl (C=O) groups is 1. The molecule has 2 fully saturated rings. The lowest BCUT2D eigenvalue weighted by Crippen LogP contribution is -2.38. The molecule has 9 aromatic rings. The molecule has 0 radical (unpaired) electrons. The van der Waals surface area contributed by atoms with Gasteiger partial charge in [-0.3, -0.25) is 29.3 Å². The largest absolute Gasteiger partial charge is 0.497 e. The Morgan fingerprint density at radius 3 is 1.70 bits per heavy atom. The minimum atomic E-state index is -0.412. The van der Waals surface area contributed by atoms with Crippen molar-refractivity contribution in [1.29, 1.82) is 0 Å². The number of nitrogens with one attached hydrogen (secondary N) is 2. The molecule has 2 saturated heterocycles. The van der Waals surface area contributed by atoms with E-state index in [1.165, 1.54) is 20.0 Å². The molecule has 380 valence electrons. The quantitative estimate of drug-likeness (QED) is 0.112. The van der Waals surface area contributed by atoms with Crippen LogP contribution in [-0.4, -0.2) is 106 Å². The minimum absolute atomic E-state index is 0.162. The first kappa shape index (κ1) is 51.7. The molecule has 1 amide bonds. The predicted molar refractivity (Wildman–Crippen MR) is 289 cm³/mol. The number of hydrogen-bond donors (Lipinski definition) is 3. The summed E-state index contributed by atoms with van der Waals surface area (Å²) in [5.41, 5.74) is 9.76. The van der Waals surface area contributed by atoms with Crippen molar-refractivity contribution in [1.82, 2.24) is 44.5 Å². The zero-order valence-corrected chi connectivity index (χ0v) is 43.5. The number of piperidine rings is 2. The smallest absolute Gasteiger partial charge is 0.298 e. The molecule has 2 aliphatic heterocycles. The van der Waals surface area contributed by atoms with Crippen LogP contribution in [-0.2, 0) is 13.1 Å². The second kappa shape index (κ2) is 22.9. The van der Waals surface area contributed by atoms with E-state index in [9.17, 15) is 14.4 Å². The van der Waals surface area contributed by atoms with Crippen LogP contribution < -0.4 is 36.4 Å². The van der Waals surface area contributed by atoms with Gasteiger partial charge in [0.25, 0.3) is 17.0 Å². The highest BCUT2D eigenvalue weighted by Crippen LogP contribution is 2.29. The number of amides is 1. The number of H-pyrrole nitrogens is 1. The Bertz CT molecular complexity index is 3550. The molecule has 0 spiro atoms. The number of hydrogen-bond acceptors (Lipinski definition) is 12. The monoisotopic (exact) mass is 1070 g/mol. The molecule has 2 aliphatic rings. The Kier molecular flexibility index (Phi) is 16.2.